The van der Waals surface area contributed by atoms with Gasteiger partial charge in [-0.15, -0.1) is 0 Å². The average Bonchev–Trinajstić information content (AvgIpc) is 2.63. The van der Waals surface area contributed by atoms with Crippen molar-refractivity contribution in [1.29, 1.82) is 0 Å². The summed E-state index contributed by atoms with van der Waals surface area (Å²) in [6.45, 7) is 0. The summed E-state index contributed by atoms with van der Waals surface area (Å²) in [6, 6.07) is 12.5. The van der Waals surface area contributed by atoms with Crippen molar-refractivity contribution in [3.8, 4) is 11.4 Å². The van der Waals surface area contributed by atoms with E-state index in [1.165, 1.54) is 24.7 Å². The fourth-order valence-electron chi connectivity index (χ4n) is 2.22. The van der Waals surface area contributed by atoms with Crippen LogP contribution in [0.4, 0.5) is 5.82 Å². The second kappa shape index (κ2) is 7.31. The van der Waals surface area contributed by atoms with Crippen LogP contribution < -0.4 is 11.1 Å². The number of pyridine rings is 1. The molecule has 7 heteroatoms. The fraction of sp³-hybridized carbons (Fsp3) is 0.0556. The Hall–Kier alpha value is -3.61. The Morgan fingerprint density at radius 1 is 0.960 bits per heavy atom. The monoisotopic (exact) mass is 333 g/mol. The molecule has 0 bridgehead atoms. The molecule has 0 aliphatic heterocycles. The van der Waals surface area contributed by atoms with Crippen molar-refractivity contribution in [3.63, 3.8) is 0 Å². The first-order valence-corrected chi connectivity index (χ1v) is 7.54. The van der Waals surface area contributed by atoms with Gasteiger partial charge in [0, 0.05) is 11.8 Å². The van der Waals surface area contributed by atoms with Crippen LogP contribution in [0, 0.1) is 0 Å². The molecule has 0 radical (unpaired) electrons. The summed E-state index contributed by atoms with van der Waals surface area (Å²) in [7, 11) is 0. The highest BCUT2D eigenvalue weighted by molar-refractivity contribution is 5.93. The maximum Gasteiger partial charge on any atom is 0.248 e. The molecular formula is C18H15N5O2. The first-order chi connectivity index (χ1) is 12.1. The van der Waals surface area contributed by atoms with Crippen LogP contribution in [0.3, 0.4) is 0 Å². The van der Waals surface area contributed by atoms with Crippen molar-refractivity contribution in [3.05, 3.63) is 72.2 Å². The molecule has 124 valence electrons. The Labute approximate surface area is 144 Å². The lowest BCUT2D eigenvalue weighted by molar-refractivity contribution is -0.115. The lowest BCUT2D eigenvalue weighted by Gasteiger charge is -2.06. The van der Waals surface area contributed by atoms with E-state index in [2.05, 4.69) is 20.3 Å². The minimum Gasteiger partial charge on any atom is -0.366 e. The van der Waals surface area contributed by atoms with Gasteiger partial charge in [0.1, 0.15) is 5.69 Å². The van der Waals surface area contributed by atoms with E-state index in [9.17, 15) is 9.59 Å². The van der Waals surface area contributed by atoms with E-state index in [0.717, 1.165) is 5.56 Å². The molecule has 2 heterocycles. The number of carbonyl (C=O) groups is 2. The quantitative estimate of drug-likeness (QED) is 0.740. The Balaban J connectivity index is 1.69. The first-order valence-electron chi connectivity index (χ1n) is 7.54. The summed E-state index contributed by atoms with van der Waals surface area (Å²) >= 11 is 0. The molecule has 0 fully saturated rings. The van der Waals surface area contributed by atoms with Gasteiger partial charge in [-0.2, -0.15) is 0 Å². The summed E-state index contributed by atoms with van der Waals surface area (Å²) < 4.78 is 0. The zero-order chi connectivity index (χ0) is 17.6. The van der Waals surface area contributed by atoms with Crippen LogP contribution in [-0.2, 0) is 11.2 Å². The molecule has 0 aliphatic carbocycles. The van der Waals surface area contributed by atoms with Gasteiger partial charge in [-0.1, -0.05) is 30.3 Å². The van der Waals surface area contributed by atoms with Gasteiger partial charge in [0.25, 0.3) is 0 Å². The molecule has 25 heavy (non-hydrogen) atoms. The van der Waals surface area contributed by atoms with Crippen molar-refractivity contribution >= 4 is 17.6 Å². The van der Waals surface area contributed by atoms with E-state index in [1.807, 2.05) is 30.3 Å². The van der Waals surface area contributed by atoms with Gasteiger partial charge in [-0.05, 0) is 17.7 Å². The third-order valence-corrected chi connectivity index (χ3v) is 3.43. The lowest BCUT2D eigenvalue weighted by Crippen LogP contribution is -2.15. The number of primary amides is 1. The number of carbonyl (C=O) groups excluding carboxylic acids is 2. The van der Waals surface area contributed by atoms with Crippen LogP contribution in [-0.4, -0.2) is 26.8 Å². The van der Waals surface area contributed by atoms with E-state index in [-0.39, 0.29) is 12.3 Å². The number of rotatable bonds is 5. The summed E-state index contributed by atoms with van der Waals surface area (Å²) in [5, 5.41) is 2.69. The van der Waals surface area contributed by atoms with Crippen LogP contribution in [0.2, 0.25) is 0 Å². The molecule has 2 amide bonds. The number of benzene rings is 1. The third kappa shape index (κ3) is 4.23. The van der Waals surface area contributed by atoms with Gasteiger partial charge in [-0.25, -0.2) is 9.97 Å². The van der Waals surface area contributed by atoms with E-state index in [0.29, 0.717) is 22.8 Å². The normalized spacial score (nSPS) is 10.2. The highest BCUT2D eigenvalue weighted by Crippen LogP contribution is 2.15. The molecule has 0 saturated heterocycles. The first kappa shape index (κ1) is 16.3. The van der Waals surface area contributed by atoms with Gasteiger partial charge in [0.15, 0.2) is 5.82 Å². The second-order valence-corrected chi connectivity index (χ2v) is 5.29. The molecule has 3 N–H and O–H groups in total. The number of nitrogens with zero attached hydrogens (tertiary/aromatic N) is 3. The van der Waals surface area contributed by atoms with E-state index >= 15 is 0 Å². The second-order valence-electron chi connectivity index (χ2n) is 5.29. The summed E-state index contributed by atoms with van der Waals surface area (Å²) in [6.07, 6.45) is 4.65. The number of hydrogen-bond donors (Lipinski definition) is 2. The molecule has 0 saturated carbocycles. The Bertz CT molecular complexity index is 895. The largest absolute Gasteiger partial charge is 0.366 e. The highest BCUT2D eigenvalue weighted by atomic mass is 16.2. The SMILES string of the molecule is NC(=O)c1ccnc(-c2cnc(NC(=O)Cc3ccccc3)cn2)c1. The number of nitrogens with two attached hydrogens (primary N) is 1. The molecule has 3 aromatic rings. The zero-order valence-electron chi connectivity index (χ0n) is 13.2. The topological polar surface area (TPSA) is 111 Å². The van der Waals surface area contributed by atoms with Crippen molar-refractivity contribution in [1.82, 2.24) is 15.0 Å². The van der Waals surface area contributed by atoms with Gasteiger partial charge in [0.05, 0.1) is 24.5 Å². The Kier molecular flexibility index (Phi) is 4.75. The summed E-state index contributed by atoms with van der Waals surface area (Å²) in [5.41, 5.74) is 7.46. The Morgan fingerprint density at radius 3 is 2.44 bits per heavy atom. The molecule has 0 unspecified atom stereocenters. The number of hydrogen-bond acceptors (Lipinski definition) is 5. The standard InChI is InChI=1S/C18H15N5O2/c19-18(25)13-6-7-20-14(9-13)15-10-22-16(11-21-15)23-17(24)8-12-4-2-1-3-5-12/h1-7,9-11H,8H2,(H2,19,25)(H,22,23,24). The van der Waals surface area contributed by atoms with Crippen molar-refractivity contribution < 1.29 is 9.59 Å². The predicted molar refractivity (Wildman–Crippen MR) is 92.6 cm³/mol. The Morgan fingerprint density at radius 2 is 1.76 bits per heavy atom. The number of nitrogens with one attached hydrogen (secondary N) is 1. The number of aromatic nitrogens is 3. The van der Waals surface area contributed by atoms with Gasteiger partial charge in [-0.3, -0.25) is 14.6 Å². The lowest BCUT2D eigenvalue weighted by atomic mass is 10.1. The van der Waals surface area contributed by atoms with E-state index in [1.54, 1.807) is 6.07 Å². The third-order valence-electron chi connectivity index (χ3n) is 3.43. The summed E-state index contributed by atoms with van der Waals surface area (Å²) in [5.74, 6) is -0.376. The molecule has 0 atom stereocenters. The number of anilines is 1. The van der Waals surface area contributed by atoms with E-state index in [4.69, 9.17) is 5.73 Å². The predicted octanol–water partition coefficient (Wildman–Crippen LogP) is 1.82. The van der Waals surface area contributed by atoms with Crippen LogP contribution >= 0.6 is 0 Å². The molecule has 0 spiro atoms. The minimum atomic E-state index is -0.540. The smallest absolute Gasteiger partial charge is 0.248 e. The molecule has 2 aromatic heterocycles. The molecular weight excluding hydrogens is 318 g/mol. The van der Waals surface area contributed by atoms with Crippen LogP contribution in [0.1, 0.15) is 15.9 Å². The summed E-state index contributed by atoms with van der Waals surface area (Å²) in [4.78, 5) is 35.8. The van der Waals surface area contributed by atoms with Crippen LogP contribution in [0.5, 0.6) is 0 Å². The van der Waals surface area contributed by atoms with Gasteiger partial charge < -0.3 is 11.1 Å². The average molecular weight is 333 g/mol. The minimum absolute atomic E-state index is 0.179. The van der Waals surface area contributed by atoms with Crippen LogP contribution in [0.25, 0.3) is 11.4 Å². The van der Waals surface area contributed by atoms with Crippen molar-refractivity contribution in [2.24, 2.45) is 5.73 Å². The van der Waals surface area contributed by atoms with Gasteiger partial charge >= 0.3 is 0 Å². The molecule has 0 aliphatic rings. The number of amides is 2. The van der Waals surface area contributed by atoms with Crippen LogP contribution in [0.15, 0.2) is 61.1 Å². The van der Waals surface area contributed by atoms with E-state index < -0.39 is 5.91 Å². The maximum absolute atomic E-state index is 12.0. The fourth-order valence-corrected chi connectivity index (χ4v) is 2.22. The van der Waals surface area contributed by atoms with Crippen molar-refractivity contribution in [2.45, 2.75) is 6.42 Å². The van der Waals surface area contributed by atoms with Crippen molar-refractivity contribution in [2.75, 3.05) is 5.32 Å². The molecule has 7 nitrogen and oxygen atoms in total. The molecule has 1 aromatic carbocycles. The maximum atomic E-state index is 12.0. The van der Waals surface area contributed by atoms with Gasteiger partial charge in [0.2, 0.25) is 11.8 Å². The zero-order valence-corrected chi connectivity index (χ0v) is 13.2. The molecule has 3 rings (SSSR count). The highest BCUT2D eigenvalue weighted by Gasteiger charge is 2.08.